The maximum Gasteiger partial charge on any atom is 0.418 e. The number of fused-ring (bicyclic) bond motifs is 1. The molecular weight excluding hydrogens is 425 g/mol. The van der Waals surface area contributed by atoms with E-state index in [1.807, 2.05) is 24.3 Å². The molecule has 4 rings (SSSR count). The van der Waals surface area contributed by atoms with Crippen LogP contribution in [0.2, 0.25) is 0 Å². The molecule has 168 valence electrons. The normalized spacial score (nSPS) is 17.9. The van der Waals surface area contributed by atoms with E-state index in [2.05, 4.69) is 5.32 Å². The zero-order chi connectivity index (χ0) is 23.1. The zero-order valence-corrected chi connectivity index (χ0v) is 17.5. The number of benzene rings is 2. The molecule has 6 nitrogen and oxygen atoms in total. The molecule has 0 unspecified atom stereocenters. The Morgan fingerprint density at radius 2 is 1.69 bits per heavy atom. The Kier molecular flexibility index (Phi) is 5.36. The number of alkyl halides is 3. The summed E-state index contributed by atoms with van der Waals surface area (Å²) in [6.07, 6.45) is -2.95. The van der Waals surface area contributed by atoms with Gasteiger partial charge in [0.05, 0.1) is 5.56 Å². The van der Waals surface area contributed by atoms with Crippen molar-refractivity contribution >= 4 is 23.3 Å². The van der Waals surface area contributed by atoms with E-state index in [9.17, 15) is 22.8 Å². The third kappa shape index (κ3) is 4.42. The molecule has 2 aromatic carbocycles. The van der Waals surface area contributed by atoms with Crippen molar-refractivity contribution < 1.29 is 32.2 Å². The van der Waals surface area contributed by atoms with Gasteiger partial charge in [0.2, 0.25) is 0 Å². The van der Waals surface area contributed by atoms with Gasteiger partial charge < -0.3 is 19.7 Å². The molecule has 0 saturated carbocycles. The van der Waals surface area contributed by atoms with E-state index >= 15 is 0 Å². The van der Waals surface area contributed by atoms with E-state index in [0.717, 1.165) is 23.4 Å². The highest BCUT2D eigenvalue weighted by atomic mass is 19.4. The Labute approximate surface area is 182 Å². The lowest BCUT2D eigenvalue weighted by molar-refractivity contribution is -0.222. The average molecular weight is 446 g/mol. The van der Waals surface area contributed by atoms with E-state index in [1.54, 1.807) is 4.90 Å². The lowest BCUT2D eigenvalue weighted by Gasteiger charge is -2.32. The van der Waals surface area contributed by atoms with Crippen LogP contribution < -0.4 is 10.2 Å². The van der Waals surface area contributed by atoms with E-state index in [4.69, 9.17) is 9.47 Å². The first-order valence-electron chi connectivity index (χ1n) is 10.00. The number of carbonyl (C=O) groups is 2. The van der Waals surface area contributed by atoms with Gasteiger partial charge in [0.25, 0.3) is 5.79 Å². The van der Waals surface area contributed by atoms with Crippen molar-refractivity contribution in [2.24, 2.45) is 0 Å². The summed E-state index contributed by atoms with van der Waals surface area (Å²) in [5, 5.41) is 2.58. The Morgan fingerprint density at radius 3 is 2.34 bits per heavy atom. The highest BCUT2D eigenvalue weighted by Crippen LogP contribution is 2.40. The minimum absolute atomic E-state index is 0.0661. The number of rotatable bonds is 3. The molecule has 0 aliphatic carbocycles. The monoisotopic (exact) mass is 446 g/mol. The van der Waals surface area contributed by atoms with Crippen molar-refractivity contribution in [1.29, 1.82) is 0 Å². The molecule has 0 spiro atoms. The van der Waals surface area contributed by atoms with Crippen LogP contribution in [0.3, 0.4) is 0 Å². The van der Waals surface area contributed by atoms with Crippen molar-refractivity contribution in [1.82, 2.24) is 0 Å². The van der Waals surface area contributed by atoms with Crippen molar-refractivity contribution in [3.8, 4) is 0 Å². The highest BCUT2D eigenvalue weighted by molar-refractivity contribution is 6.15. The molecule has 0 amide bonds. The summed E-state index contributed by atoms with van der Waals surface area (Å²) < 4.78 is 51.5. The number of cyclic esters (lactones) is 2. The van der Waals surface area contributed by atoms with Gasteiger partial charge in [-0.2, -0.15) is 13.2 Å². The number of hydrogen-bond acceptors (Lipinski definition) is 6. The third-order valence-electron chi connectivity index (χ3n) is 5.27. The average Bonchev–Trinajstić information content (AvgIpc) is 2.71. The fourth-order valence-corrected chi connectivity index (χ4v) is 3.76. The first-order chi connectivity index (χ1) is 15.0. The van der Waals surface area contributed by atoms with Crippen LogP contribution in [-0.4, -0.2) is 24.3 Å². The zero-order valence-electron chi connectivity index (χ0n) is 17.5. The van der Waals surface area contributed by atoms with Crippen LogP contribution in [0.25, 0.3) is 0 Å². The van der Waals surface area contributed by atoms with Crippen molar-refractivity contribution in [2.45, 2.75) is 38.8 Å². The van der Waals surface area contributed by atoms with E-state index in [1.165, 1.54) is 26.0 Å². The van der Waals surface area contributed by atoms with E-state index in [0.29, 0.717) is 19.5 Å². The fourth-order valence-electron chi connectivity index (χ4n) is 3.76. The predicted molar refractivity (Wildman–Crippen MR) is 111 cm³/mol. The number of carbonyl (C=O) groups excluding carboxylic acids is 2. The smallest absolute Gasteiger partial charge is 0.418 e. The lowest BCUT2D eigenvalue weighted by atomic mass is 9.98. The van der Waals surface area contributed by atoms with Crippen LogP contribution in [0, 0.1) is 0 Å². The van der Waals surface area contributed by atoms with Gasteiger partial charge in [0.1, 0.15) is 0 Å². The first kappa shape index (κ1) is 21.7. The molecular formula is C23H21F3N2O4. The lowest BCUT2D eigenvalue weighted by Crippen LogP contribution is -2.42. The summed E-state index contributed by atoms with van der Waals surface area (Å²) in [5.41, 5.74) is 1.03. The van der Waals surface area contributed by atoms with Crippen LogP contribution in [-0.2, 0) is 38.2 Å². The van der Waals surface area contributed by atoms with E-state index < -0.39 is 35.0 Å². The van der Waals surface area contributed by atoms with Crippen molar-refractivity contribution in [2.75, 3.05) is 16.8 Å². The topological polar surface area (TPSA) is 67.9 Å². The van der Waals surface area contributed by atoms with Gasteiger partial charge in [0, 0.05) is 44.5 Å². The summed E-state index contributed by atoms with van der Waals surface area (Å²) >= 11 is 0. The van der Waals surface area contributed by atoms with E-state index in [-0.39, 0.29) is 11.4 Å². The van der Waals surface area contributed by atoms with Crippen LogP contribution >= 0.6 is 0 Å². The summed E-state index contributed by atoms with van der Waals surface area (Å²) in [5.74, 6) is -3.24. The maximum absolute atomic E-state index is 13.9. The predicted octanol–water partition coefficient (Wildman–Crippen LogP) is 4.40. The standard InChI is InChI=1S/C23H21F3N2O4/c1-22(2)31-20(29)17(21(30)32-22)12-27-16-7-8-19(18(11-16)23(24,25)26)28-10-9-14-5-3-4-6-15(14)13-28/h3-8,11-12,27H,9-10,13H2,1-2H3. The van der Waals surface area contributed by atoms with Gasteiger partial charge in [-0.15, -0.1) is 0 Å². The molecule has 2 aliphatic heterocycles. The number of esters is 2. The molecule has 1 N–H and O–H groups in total. The highest BCUT2D eigenvalue weighted by Gasteiger charge is 2.39. The summed E-state index contributed by atoms with van der Waals surface area (Å²) in [6.45, 7) is 3.65. The van der Waals surface area contributed by atoms with Gasteiger partial charge >= 0.3 is 18.1 Å². The van der Waals surface area contributed by atoms with Crippen LogP contribution in [0.5, 0.6) is 0 Å². The SMILES string of the molecule is CC1(C)OC(=O)C(=CNc2ccc(N3CCc4ccccc4C3)c(C(F)(F)F)c2)C(=O)O1. The van der Waals surface area contributed by atoms with Gasteiger partial charge in [0.15, 0.2) is 5.57 Å². The molecule has 0 radical (unpaired) electrons. The Bertz CT molecular complexity index is 1090. The summed E-state index contributed by atoms with van der Waals surface area (Å²) in [4.78, 5) is 25.7. The maximum atomic E-state index is 13.9. The minimum atomic E-state index is -4.59. The second-order valence-electron chi connectivity index (χ2n) is 8.05. The second kappa shape index (κ2) is 7.89. The van der Waals surface area contributed by atoms with Crippen molar-refractivity contribution in [3.63, 3.8) is 0 Å². The molecule has 2 aliphatic rings. The fraction of sp³-hybridized carbons (Fsp3) is 0.304. The van der Waals surface area contributed by atoms with Crippen LogP contribution in [0.4, 0.5) is 24.5 Å². The Morgan fingerprint density at radius 1 is 1.03 bits per heavy atom. The first-order valence-corrected chi connectivity index (χ1v) is 10.00. The number of nitrogens with zero attached hydrogens (tertiary/aromatic N) is 1. The molecule has 2 aromatic rings. The van der Waals surface area contributed by atoms with Gasteiger partial charge in [-0.05, 0) is 35.7 Å². The molecule has 9 heteroatoms. The van der Waals surface area contributed by atoms with Gasteiger partial charge in [-0.1, -0.05) is 24.3 Å². The van der Waals surface area contributed by atoms with Crippen LogP contribution in [0.15, 0.2) is 54.2 Å². The molecule has 0 bridgehead atoms. The number of halogens is 3. The number of nitrogens with one attached hydrogen (secondary N) is 1. The molecule has 1 fully saturated rings. The third-order valence-corrected chi connectivity index (χ3v) is 5.27. The minimum Gasteiger partial charge on any atom is -0.419 e. The Hall–Kier alpha value is -3.49. The second-order valence-corrected chi connectivity index (χ2v) is 8.05. The number of ether oxygens (including phenoxy) is 2. The van der Waals surface area contributed by atoms with Crippen molar-refractivity contribution in [3.05, 3.63) is 70.9 Å². The van der Waals surface area contributed by atoms with Gasteiger partial charge in [-0.25, -0.2) is 9.59 Å². The van der Waals surface area contributed by atoms with Gasteiger partial charge in [-0.3, -0.25) is 0 Å². The molecule has 0 atom stereocenters. The largest absolute Gasteiger partial charge is 0.419 e. The number of hydrogen-bond donors (Lipinski definition) is 1. The molecule has 0 aromatic heterocycles. The molecule has 1 saturated heterocycles. The quantitative estimate of drug-likeness (QED) is 0.428. The summed E-state index contributed by atoms with van der Waals surface area (Å²) in [6, 6.07) is 11.5. The molecule has 2 heterocycles. The summed E-state index contributed by atoms with van der Waals surface area (Å²) in [7, 11) is 0. The number of anilines is 2. The van der Waals surface area contributed by atoms with Crippen LogP contribution in [0.1, 0.15) is 30.5 Å². The molecule has 32 heavy (non-hydrogen) atoms. The Balaban J connectivity index is 1.60.